The van der Waals surface area contributed by atoms with Crippen molar-refractivity contribution in [1.29, 1.82) is 0 Å². The molecule has 0 spiro atoms. The summed E-state index contributed by atoms with van der Waals surface area (Å²) < 4.78 is 64.4. The molecule has 0 bridgehead atoms. The van der Waals surface area contributed by atoms with Gasteiger partial charge in [0.2, 0.25) is 0 Å². The van der Waals surface area contributed by atoms with E-state index in [1.165, 1.54) is 51.0 Å². The molecule has 2 aromatic heterocycles. The summed E-state index contributed by atoms with van der Waals surface area (Å²) in [5, 5.41) is 8.13. The van der Waals surface area contributed by atoms with E-state index in [1.807, 2.05) is 0 Å². The van der Waals surface area contributed by atoms with Crippen molar-refractivity contribution in [2.24, 2.45) is 0 Å². The normalized spacial score (nSPS) is 14.0. The quantitative estimate of drug-likeness (QED) is 0.0877. The van der Waals surface area contributed by atoms with Gasteiger partial charge in [-0.15, -0.1) is 5.10 Å². The minimum Gasteiger partial charge on any atom is -0.463 e. The lowest BCUT2D eigenvalue weighted by Crippen LogP contribution is -2.43. The first-order valence-corrected chi connectivity index (χ1v) is 13.5. The molecule has 0 saturated heterocycles. The molecule has 0 saturated carbocycles. The summed E-state index contributed by atoms with van der Waals surface area (Å²) in [6.45, 7) is 4.60. The second-order valence-electron chi connectivity index (χ2n) is 8.84. The molecule has 0 aliphatic carbocycles. The van der Waals surface area contributed by atoms with E-state index >= 15 is 0 Å². The number of benzene rings is 1. The molecule has 42 heavy (non-hydrogen) atoms. The van der Waals surface area contributed by atoms with Crippen molar-refractivity contribution in [2.45, 2.75) is 62.9 Å². The summed E-state index contributed by atoms with van der Waals surface area (Å²) in [5.74, 6) is -6.34. The van der Waals surface area contributed by atoms with E-state index in [9.17, 15) is 27.6 Å². The van der Waals surface area contributed by atoms with Gasteiger partial charge < -0.3 is 18.9 Å². The fourth-order valence-electron chi connectivity index (χ4n) is 3.58. The smallest absolute Gasteiger partial charge is 0.303 e. The summed E-state index contributed by atoms with van der Waals surface area (Å²) in [6, 6.07) is 3.11. The predicted molar refractivity (Wildman–Crippen MR) is 143 cm³/mol. The molecule has 4 atom stereocenters. The number of carbonyl (C=O) groups excluding carboxylic acids is 3. The third-order valence-corrected chi connectivity index (χ3v) is 6.72. The van der Waals surface area contributed by atoms with Crippen LogP contribution in [0.15, 0.2) is 41.7 Å². The molecule has 16 heteroatoms. The Balaban J connectivity index is 1.96. The fourth-order valence-corrected chi connectivity index (χ4v) is 4.89. The van der Waals surface area contributed by atoms with Crippen molar-refractivity contribution < 1.29 is 46.5 Å². The average Bonchev–Trinajstić information content (AvgIpc) is 3.36. The van der Waals surface area contributed by atoms with Crippen LogP contribution >= 0.6 is 23.4 Å². The molecule has 0 amide bonds. The Labute approximate surface area is 247 Å². The van der Waals surface area contributed by atoms with Gasteiger partial charge in [-0.05, 0) is 25.1 Å². The maximum atomic E-state index is 13.8. The van der Waals surface area contributed by atoms with E-state index in [2.05, 4.69) is 15.3 Å². The number of nitrogens with zero attached hydrogens (tertiary/aromatic N) is 4. The number of rotatable bonds is 13. The minimum absolute atomic E-state index is 0.00903. The van der Waals surface area contributed by atoms with Gasteiger partial charge in [-0.25, -0.2) is 17.9 Å². The van der Waals surface area contributed by atoms with Crippen LogP contribution in [-0.2, 0) is 39.9 Å². The molecule has 226 valence electrons. The molecule has 1 aromatic carbocycles. The first-order valence-electron chi connectivity index (χ1n) is 12.3. The maximum Gasteiger partial charge on any atom is 0.303 e. The Morgan fingerprint density at radius 2 is 1.64 bits per heavy atom. The van der Waals surface area contributed by atoms with Gasteiger partial charge in [-0.3, -0.25) is 19.4 Å². The SMILES string of the molecule is CC(=O)OCC(OC(Sc1cncc(Cl)c1)[C@H](Cn1cc(-c2cc(F)c(F)c(F)c2)nn1)OC(C)=O)[C@@H](C)OC(C)=O. The Hall–Kier alpha value is -3.69. The summed E-state index contributed by atoms with van der Waals surface area (Å²) in [6.07, 6.45) is 1.17. The van der Waals surface area contributed by atoms with Gasteiger partial charge in [0, 0.05) is 43.6 Å². The Morgan fingerprint density at radius 3 is 2.24 bits per heavy atom. The zero-order valence-electron chi connectivity index (χ0n) is 22.8. The van der Waals surface area contributed by atoms with Gasteiger partial charge in [0.05, 0.1) is 17.8 Å². The largest absolute Gasteiger partial charge is 0.463 e. The van der Waals surface area contributed by atoms with Gasteiger partial charge in [-0.2, -0.15) is 0 Å². The molecule has 0 fully saturated rings. The standard InChI is InChI=1S/C26H26ClF3N4O7S/c1-13(39-15(3)36)24(12-38-14(2)35)41-26(42-19-7-18(27)8-31-9-19)23(40-16(4)37)11-34-10-22(32-33-34)17-5-20(28)25(30)21(29)6-17/h5-10,13,23-24,26H,11-12H2,1-4H3/t13-,23+,24?,26?/m1/s1. The third kappa shape index (κ3) is 9.70. The van der Waals surface area contributed by atoms with E-state index in [4.69, 9.17) is 30.5 Å². The maximum absolute atomic E-state index is 13.8. The monoisotopic (exact) mass is 630 g/mol. The van der Waals surface area contributed by atoms with Crippen LogP contribution in [0.25, 0.3) is 11.3 Å². The summed E-state index contributed by atoms with van der Waals surface area (Å²) in [4.78, 5) is 39.9. The van der Waals surface area contributed by atoms with Gasteiger partial charge in [0.15, 0.2) is 23.6 Å². The zero-order valence-corrected chi connectivity index (χ0v) is 24.3. The van der Waals surface area contributed by atoms with E-state index in [0.717, 1.165) is 23.9 Å². The first-order chi connectivity index (χ1) is 19.8. The zero-order chi connectivity index (χ0) is 31.0. The van der Waals surface area contributed by atoms with Crippen molar-refractivity contribution in [3.05, 3.63) is 59.3 Å². The van der Waals surface area contributed by atoms with Crippen molar-refractivity contribution >= 4 is 41.3 Å². The van der Waals surface area contributed by atoms with Crippen molar-refractivity contribution in [2.75, 3.05) is 6.61 Å². The number of thioether (sulfide) groups is 1. The number of esters is 3. The number of hydrogen-bond acceptors (Lipinski definition) is 11. The predicted octanol–water partition coefficient (Wildman–Crippen LogP) is 4.36. The molecular formula is C26H26ClF3N4O7S. The number of ether oxygens (including phenoxy) is 4. The van der Waals surface area contributed by atoms with Crippen LogP contribution in [0.5, 0.6) is 0 Å². The van der Waals surface area contributed by atoms with Crippen molar-refractivity contribution in [1.82, 2.24) is 20.0 Å². The number of carbonyl (C=O) groups is 3. The van der Waals surface area contributed by atoms with Gasteiger partial charge in [0.1, 0.15) is 29.9 Å². The molecule has 3 aromatic rings. The highest BCUT2D eigenvalue weighted by molar-refractivity contribution is 7.99. The summed E-state index contributed by atoms with van der Waals surface area (Å²) in [7, 11) is 0. The fraction of sp³-hybridized carbons (Fsp3) is 0.385. The third-order valence-electron chi connectivity index (χ3n) is 5.37. The Kier molecular flexibility index (Phi) is 11.7. The van der Waals surface area contributed by atoms with Crippen LogP contribution in [0.3, 0.4) is 0 Å². The topological polar surface area (TPSA) is 132 Å². The van der Waals surface area contributed by atoms with Crippen LogP contribution < -0.4 is 0 Å². The molecule has 0 N–H and O–H groups in total. The number of halogens is 4. The van der Waals surface area contributed by atoms with Gasteiger partial charge in [-0.1, -0.05) is 28.6 Å². The average molecular weight is 631 g/mol. The summed E-state index contributed by atoms with van der Waals surface area (Å²) >= 11 is 7.15. The minimum atomic E-state index is -1.63. The molecule has 11 nitrogen and oxygen atoms in total. The van der Waals surface area contributed by atoms with Gasteiger partial charge >= 0.3 is 17.9 Å². The van der Waals surface area contributed by atoms with E-state index < -0.39 is 59.1 Å². The van der Waals surface area contributed by atoms with Crippen LogP contribution in [-0.4, -0.2) is 68.2 Å². The number of pyridine rings is 1. The lowest BCUT2D eigenvalue weighted by Gasteiger charge is -2.32. The molecule has 2 heterocycles. The summed E-state index contributed by atoms with van der Waals surface area (Å²) in [5.41, 5.74) is -1.14. The van der Waals surface area contributed by atoms with E-state index in [0.29, 0.717) is 9.92 Å². The van der Waals surface area contributed by atoms with E-state index in [-0.39, 0.29) is 24.4 Å². The van der Waals surface area contributed by atoms with Crippen molar-refractivity contribution in [3.8, 4) is 11.3 Å². The highest BCUT2D eigenvalue weighted by atomic mass is 35.5. The number of hydrogen-bond donors (Lipinski definition) is 0. The Morgan fingerprint density at radius 1 is 0.976 bits per heavy atom. The molecule has 2 unspecified atom stereocenters. The van der Waals surface area contributed by atoms with Crippen LogP contribution in [0.4, 0.5) is 13.2 Å². The second-order valence-corrected chi connectivity index (χ2v) is 10.5. The molecule has 0 radical (unpaired) electrons. The van der Waals surface area contributed by atoms with Gasteiger partial charge in [0.25, 0.3) is 0 Å². The molecular weight excluding hydrogens is 605 g/mol. The second kappa shape index (κ2) is 15.0. The van der Waals surface area contributed by atoms with Crippen LogP contribution in [0.1, 0.15) is 27.7 Å². The first kappa shape index (κ1) is 32.8. The van der Waals surface area contributed by atoms with Crippen LogP contribution in [0, 0.1) is 17.5 Å². The molecule has 0 aliphatic heterocycles. The lowest BCUT2D eigenvalue weighted by atomic mass is 10.1. The van der Waals surface area contributed by atoms with Crippen molar-refractivity contribution in [3.63, 3.8) is 0 Å². The Bertz CT molecular complexity index is 1410. The van der Waals surface area contributed by atoms with Crippen LogP contribution in [0.2, 0.25) is 5.02 Å². The van der Waals surface area contributed by atoms with E-state index in [1.54, 1.807) is 6.07 Å². The molecule has 3 rings (SSSR count). The lowest BCUT2D eigenvalue weighted by molar-refractivity contribution is -0.170. The molecule has 0 aliphatic rings. The highest BCUT2D eigenvalue weighted by Gasteiger charge is 2.34. The number of aromatic nitrogens is 4. The highest BCUT2D eigenvalue weighted by Crippen LogP contribution is 2.32.